The monoisotopic (exact) mass is 395 g/mol. The van der Waals surface area contributed by atoms with E-state index in [4.69, 9.17) is 20.1 Å². The molecule has 1 aromatic carbocycles. The van der Waals surface area contributed by atoms with E-state index in [0.717, 1.165) is 11.3 Å². The van der Waals surface area contributed by atoms with Gasteiger partial charge >= 0.3 is 0 Å². The van der Waals surface area contributed by atoms with Gasteiger partial charge in [0.2, 0.25) is 11.1 Å². The number of ether oxygens (including phenoxy) is 3. The molecule has 0 aliphatic carbocycles. The van der Waals surface area contributed by atoms with Gasteiger partial charge in [0.15, 0.2) is 5.82 Å². The third kappa shape index (κ3) is 5.84. The second-order valence-corrected chi connectivity index (χ2v) is 6.50. The quantitative estimate of drug-likeness (QED) is 0.442. The molecule has 1 heterocycles. The maximum absolute atomic E-state index is 12.5. The van der Waals surface area contributed by atoms with E-state index >= 15 is 0 Å². The van der Waals surface area contributed by atoms with Crippen LogP contribution in [-0.4, -0.2) is 79.1 Å². The van der Waals surface area contributed by atoms with Crippen molar-refractivity contribution in [1.82, 2.24) is 19.8 Å². The highest BCUT2D eigenvalue weighted by Gasteiger charge is 2.17. The lowest BCUT2D eigenvalue weighted by Crippen LogP contribution is -2.37. The molecule has 0 bridgehead atoms. The minimum atomic E-state index is -0.0388. The number of nitrogen functional groups attached to an aromatic ring is 1. The zero-order chi connectivity index (χ0) is 19.6. The number of carbonyl (C=O) groups excluding carboxylic acids is 1. The fraction of sp³-hybridized carbons (Fsp3) is 0.471. The van der Waals surface area contributed by atoms with Crippen LogP contribution in [0.3, 0.4) is 0 Å². The van der Waals surface area contributed by atoms with Gasteiger partial charge in [-0.1, -0.05) is 11.8 Å². The first-order valence-electron chi connectivity index (χ1n) is 8.34. The van der Waals surface area contributed by atoms with E-state index in [9.17, 15) is 4.79 Å². The Morgan fingerprint density at radius 1 is 1.11 bits per heavy atom. The van der Waals surface area contributed by atoms with Gasteiger partial charge in [-0.3, -0.25) is 4.79 Å². The molecule has 0 atom stereocenters. The molecule has 0 spiro atoms. The number of hydrogen-bond donors (Lipinski definition) is 1. The van der Waals surface area contributed by atoms with Crippen LogP contribution in [0.15, 0.2) is 29.4 Å². The van der Waals surface area contributed by atoms with Crippen LogP contribution >= 0.6 is 11.8 Å². The Bertz CT molecular complexity index is 715. The molecule has 0 aliphatic heterocycles. The second-order valence-electron chi connectivity index (χ2n) is 5.56. The van der Waals surface area contributed by atoms with Crippen LogP contribution in [0.4, 0.5) is 0 Å². The molecule has 27 heavy (non-hydrogen) atoms. The number of methoxy groups -OCH3 is 3. The zero-order valence-electron chi connectivity index (χ0n) is 15.8. The Hall–Kier alpha value is -2.30. The number of nitrogens with two attached hydrogens (primary N) is 1. The Balaban J connectivity index is 2.00. The highest BCUT2D eigenvalue weighted by atomic mass is 32.2. The lowest BCUT2D eigenvalue weighted by molar-refractivity contribution is -0.129. The molecule has 1 aromatic heterocycles. The van der Waals surface area contributed by atoms with Crippen molar-refractivity contribution in [2.24, 2.45) is 0 Å². The van der Waals surface area contributed by atoms with Gasteiger partial charge in [0.05, 0.1) is 26.1 Å². The summed E-state index contributed by atoms with van der Waals surface area (Å²) in [7, 11) is 4.81. The summed E-state index contributed by atoms with van der Waals surface area (Å²) in [5.74, 6) is 7.53. The molecule has 148 valence electrons. The molecule has 9 nitrogen and oxygen atoms in total. The lowest BCUT2D eigenvalue weighted by atomic mass is 10.2. The van der Waals surface area contributed by atoms with Crippen molar-refractivity contribution in [1.29, 1.82) is 0 Å². The fourth-order valence-corrected chi connectivity index (χ4v) is 3.05. The molecule has 0 fully saturated rings. The Morgan fingerprint density at radius 2 is 1.74 bits per heavy atom. The SMILES string of the molecule is COCCN(CCOC)C(=O)CSc1nnc(-c2ccc(OC)cc2)n1N. The first-order valence-corrected chi connectivity index (χ1v) is 9.32. The molecule has 0 radical (unpaired) electrons. The molecule has 0 aliphatic rings. The van der Waals surface area contributed by atoms with E-state index < -0.39 is 0 Å². The van der Waals surface area contributed by atoms with E-state index in [2.05, 4.69) is 10.2 Å². The summed E-state index contributed by atoms with van der Waals surface area (Å²) in [5, 5.41) is 8.68. The van der Waals surface area contributed by atoms with Crippen molar-refractivity contribution in [2.75, 3.05) is 59.2 Å². The number of benzene rings is 1. The van der Waals surface area contributed by atoms with Crippen molar-refractivity contribution in [3.63, 3.8) is 0 Å². The number of amides is 1. The molecule has 2 N–H and O–H groups in total. The average Bonchev–Trinajstić information content (AvgIpc) is 3.06. The second kappa shape index (κ2) is 10.8. The summed E-state index contributed by atoms with van der Waals surface area (Å²) in [5.41, 5.74) is 0.811. The van der Waals surface area contributed by atoms with Gasteiger partial charge in [0.25, 0.3) is 0 Å². The molecule has 0 unspecified atom stereocenters. The first kappa shape index (κ1) is 21.0. The van der Waals surface area contributed by atoms with Crippen molar-refractivity contribution < 1.29 is 19.0 Å². The van der Waals surface area contributed by atoms with E-state index in [0.29, 0.717) is 37.3 Å². The topological polar surface area (TPSA) is 105 Å². The van der Waals surface area contributed by atoms with Crippen LogP contribution < -0.4 is 10.6 Å². The molecule has 2 aromatic rings. The number of hydrogen-bond acceptors (Lipinski definition) is 8. The van der Waals surface area contributed by atoms with Crippen molar-refractivity contribution in [3.8, 4) is 17.1 Å². The van der Waals surface area contributed by atoms with Crippen LogP contribution in [-0.2, 0) is 14.3 Å². The smallest absolute Gasteiger partial charge is 0.233 e. The Morgan fingerprint density at radius 3 is 2.30 bits per heavy atom. The van der Waals surface area contributed by atoms with Gasteiger partial charge in [0, 0.05) is 32.9 Å². The number of rotatable bonds is 11. The van der Waals surface area contributed by atoms with Crippen molar-refractivity contribution in [3.05, 3.63) is 24.3 Å². The summed E-state index contributed by atoms with van der Waals surface area (Å²) >= 11 is 1.24. The van der Waals surface area contributed by atoms with Gasteiger partial charge in [-0.15, -0.1) is 10.2 Å². The summed E-state index contributed by atoms with van der Waals surface area (Å²) in [6.07, 6.45) is 0. The highest BCUT2D eigenvalue weighted by Crippen LogP contribution is 2.23. The van der Waals surface area contributed by atoms with Gasteiger partial charge in [-0.2, -0.15) is 0 Å². The Labute approximate surface area is 162 Å². The third-order valence-electron chi connectivity index (χ3n) is 3.82. The summed E-state index contributed by atoms with van der Waals surface area (Å²) in [4.78, 5) is 14.2. The number of nitrogens with zero attached hydrogens (tertiary/aromatic N) is 4. The number of thioether (sulfide) groups is 1. The lowest BCUT2D eigenvalue weighted by Gasteiger charge is -2.21. The van der Waals surface area contributed by atoms with Crippen molar-refractivity contribution >= 4 is 17.7 Å². The normalized spacial score (nSPS) is 10.8. The minimum absolute atomic E-state index is 0.0388. The highest BCUT2D eigenvalue weighted by molar-refractivity contribution is 7.99. The summed E-state index contributed by atoms with van der Waals surface area (Å²) in [6.45, 7) is 1.95. The number of carbonyl (C=O) groups is 1. The van der Waals surface area contributed by atoms with Gasteiger partial charge in [0.1, 0.15) is 5.75 Å². The van der Waals surface area contributed by atoms with E-state index in [1.807, 2.05) is 24.3 Å². The van der Waals surface area contributed by atoms with E-state index in [1.165, 1.54) is 16.4 Å². The molecule has 0 saturated carbocycles. The fourth-order valence-electron chi connectivity index (χ4n) is 2.29. The zero-order valence-corrected chi connectivity index (χ0v) is 16.6. The molecular weight excluding hydrogens is 370 g/mol. The maximum atomic E-state index is 12.5. The van der Waals surface area contributed by atoms with Gasteiger partial charge in [-0.25, -0.2) is 4.68 Å². The molecule has 10 heteroatoms. The predicted molar refractivity (Wildman–Crippen MR) is 103 cm³/mol. The maximum Gasteiger partial charge on any atom is 0.233 e. The Kier molecular flexibility index (Phi) is 8.37. The van der Waals surface area contributed by atoms with Crippen molar-refractivity contribution in [2.45, 2.75) is 5.16 Å². The van der Waals surface area contributed by atoms with E-state index in [1.54, 1.807) is 26.2 Å². The van der Waals surface area contributed by atoms with E-state index in [-0.39, 0.29) is 11.7 Å². The summed E-state index contributed by atoms with van der Waals surface area (Å²) in [6, 6.07) is 7.35. The van der Waals surface area contributed by atoms with Crippen LogP contribution in [0.1, 0.15) is 0 Å². The largest absolute Gasteiger partial charge is 0.497 e. The first-order chi connectivity index (χ1) is 13.1. The predicted octanol–water partition coefficient (Wildman–Crippen LogP) is 0.881. The van der Waals surface area contributed by atoms with Gasteiger partial charge < -0.3 is 25.0 Å². The molecular formula is C17H25N5O4S. The third-order valence-corrected chi connectivity index (χ3v) is 4.75. The minimum Gasteiger partial charge on any atom is -0.497 e. The van der Waals surface area contributed by atoms with Gasteiger partial charge in [-0.05, 0) is 24.3 Å². The van der Waals surface area contributed by atoms with Crippen LogP contribution in [0.25, 0.3) is 11.4 Å². The van der Waals surface area contributed by atoms with Crippen LogP contribution in [0, 0.1) is 0 Å². The number of aromatic nitrogens is 3. The molecule has 2 rings (SSSR count). The van der Waals surface area contributed by atoms with Crippen LogP contribution in [0.5, 0.6) is 5.75 Å². The standard InChI is InChI=1S/C17H25N5O4S/c1-24-10-8-21(9-11-25-2)15(23)12-27-17-20-19-16(22(17)18)13-4-6-14(26-3)7-5-13/h4-7H,8-12,18H2,1-3H3. The summed E-state index contributed by atoms with van der Waals surface area (Å²) < 4.78 is 16.6. The average molecular weight is 395 g/mol. The van der Waals surface area contributed by atoms with Crippen LogP contribution in [0.2, 0.25) is 0 Å². The molecule has 1 amide bonds. The molecule has 0 saturated heterocycles.